The summed E-state index contributed by atoms with van der Waals surface area (Å²) in [4.78, 5) is 32.8. The summed E-state index contributed by atoms with van der Waals surface area (Å²) in [6, 6.07) is 15.4. The molecule has 0 amide bonds. The number of halogens is 3. The number of esters is 1. The van der Waals surface area contributed by atoms with Crippen molar-refractivity contribution in [2.24, 2.45) is 10.4 Å². The molecule has 1 heterocycles. The highest BCUT2D eigenvalue weighted by atomic mass is 19.4. The number of carbonyl (C=O) groups is 2. The second-order valence-electron chi connectivity index (χ2n) is 10.3. The van der Waals surface area contributed by atoms with Gasteiger partial charge in [0.1, 0.15) is 24.7 Å². The zero-order valence-corrected chi connectivity index (χ0v) is 25.3. The molecule has 14 heteroatoms. The van der Waals surface area contributed by atoms with Crippen LogP contribution in [0, 0.1) is 10.8 Å². The Hall–Kier alpha value is -4.98. The standard InChI is InChI=1S/C31H34F3N5O6/c1-19(45-29(41)44-18-30(2,3)28(40)43-17-20-9-7-6-8-10-20)38-39-27(36-4)26(35)22-13-21(14-24(15-22)42-5)25-16-23(11-12-37-25)31(32,33)34/h6-16,19,35,38H,17-18H2,1-5H3,(H,36,39). The Balaban J connectivity index is 1.57. The summed E-state index contributed by atoms with van der Waals surface area (Å²) >= 11 is 0. The first-order valence-corrected chi connectivity index (χ1v) is 13.6. The largest absolute Gasteiger partial charge is 0.509 e. The van der Waals surface area contributed by atoms with E-state index in [1.165, 1.54) is 39.3 Å². The minimum Gasteiger partial charge on any atom is -0.497 e. The molecule has 0 saturated carbocycles. The van der Waals surface area contributed by atoms with E-state index in [2.05, 4.69) is 20.8 Å². The number of hydrogen-bond donors (Lipinski definition) is 3. The second-order valence-corrected chi connectivity index (χ2v) is 10.3. The molecule has 0 spiro atoms. The zero-order valence-electron chi connectivity index (χ0n) is 25.3. The normalized spacial score (nSPS) is 12.6. The third kappa shape index (κ3) is 10.0. The molecule has 0 radical (unpaired) electrons. The Bertz CT molecular complexity index is 1530. The number of methoxy groups -OCH3 is 1. The molecule has 0 bridgehead atoms. The van der Waals surface area contributed by atoms with E-state index in [1.807, 2.05) is 30.3 Å². The van der Waals surface area contributed by atoms with Gasteiger partial charge in [0.2, 0.25) is 0 Å². The van der Waals surface area contributed by atoms with E-state index >= 15 is 0 Å². The highest BCUT2D eigenvalue weighted by molar-refractivity contribution is 6.46. The molecule has 3 N–H and O–H groups in total. The van der Waals surface area contributed by atoms with Gasteiger partial charge in [-0.15, -0.1) is 0 Å². The highest BCUT2D eigenvalue weighted by Crippen LogP contribution is 2.32. The first kappa shape index (κ1) is 34.5. The van der Waals surface area contributed by atoms with Crippen LogP contribution < -0.4 is 15.6 Å². The minimum atomic E-state index is -4.56. The van der Waals surface area contributed by atoms with Crippen molar-refractivity contribution in [1.29, 1.82) is 5.41 Å². The fourth-order valence-corrected chi connectivity index (χ4v) is 3.74. The molecule has 3 aromatic rings. The van der Waals surface area contributed by atoms with Gasteiger partial charge in [0.15, 0.2) is 12.1 Å². The molecular weight excluding hydrogens is 595 g/mol. The number of carbonyl (C=O) groups excluding carboxylic acids is 2. The van der Waals surface area contributed by atoms with Gasteiger partial charge < -0.3 is 24.4 Å². The summed E-state index contributed by atoms with van der Waals surface area (Å²) in [7, 11) is 2.79. The molecule has 0 aliphatic rings. The molecule has 0 saturated heterocycles. The Morgan fingerprint density at radius 1 is 1.04 bits per heavy atom. The third-order valence-corrected chi connectivity index (χ3v) is 6.26. The van der Waals surface area contributed by atoms with Crippen LogP contribution in [0.4, 0.5) is 18.0 Å². The van der Waals surface area contributed by atoms with Crippen LogP contribution in [-0.4, -0.2) is 55.6 Å². The molecule has 3 rings (SSSR count). The average Bonchev–Trinajstić information content (AvgIpc) is 3.02. The van der Waals surface area contributed by atoms with Crippen LogP contribution in [-0.2, 0) is 31.8 Å². The Labute approximate surface area is 258 Å². The maximum absolute atomic E-state index is 13.3. The number of alkyl halides is 3. The van der Waals surface area contributed by atoms with E-state index < -0.39 is 35.5 Å². The van der Waals surface area contributed by atoms with Crippen LogP contribution in [0.2, 0.25) is 0 Å². The summed E-state index contributed by atoms with van der Waals surface area (Å²) < 4.78 is 60.6. The Morgan fingerprint density at radius 2 is 1.76 bits per heavy atom. The average molecular weight is 630 g/mol. The van der Waals surface area contributed by atoms with Crippen molar-refractivity contribution in [2.75, 3.05) is 20.8 Å². The summed E-state index contributed by atoms with van der Waals surface area (Å²) in [6.07, 6.45) is -5.54. The van der Waals surface area contributed by atoms with Crippen LogP contribution in [0.25, 0.3) is 11.3 Å². The van der Waals surface area contributed by atoms with E-state index in [0.717, 1.165) is 23.9 Å². The molecular formula is C31H34F3N5O6. The highest BCUT2D eigenvalue weighted by Gasteiger charge is 2.32. The lowest BCUT2D eigenvalue weighted by molar-refractivity contribution is -0.158. The number of hydrogen-bond acceptors (Lipinski definition) is 10. The summed E-state index contributed by atoms with van der Waals surface area (Å²) in [5.41, 5.74) is 4.59. The number of pyridine rings is 1. The molecule has 0 aliphatic carbocycles. The van der Waals surface area contributed by atoms with Crippen LogP contribution in [0.5, 0.6) is 5.75 Å². The molecule has 11 nitrogen and oxygen atoms in total. The van der Waals surface area contributed by atoms with Crippen LogP contribution in [0.1, 0.15) is 37.5 Å². The van der Waals surface area contributed by atoms with Gasteiger partial charge in [-0.25, -0.2) is 4.79 Å². The van der Waals surface area contributed by atoms with E-state index in [1.54, 1.807) is 13.8 Å². The van der Waals surface area contributed by atoms with Crippen molar-refractivity contribution < 1.29 is 41.7 Å². The van der Waals surface area contributed by atoms with Gasteiger partial charge in [-0.2, -0.15) is 18.6 Å². The van der Waals surface area contributed by atoms with Gasteiger partial charge in [0.05, 0.1) is 23.8 Å². The Morgan fingerprint density at radius 3 is 2.40 bits per heavy atom. The topological polar surface area (TPSA) is 144 Å². The van der Waals surface area contributed by atoms with Gasteiger partial charge in [0, 0.05) is 24.4 Å². The summed E-state index contributed by atoms with van der Waals surface area (Å²) in [5, 5.41) is 8.64. The maximum Gasteiger partial charge on any atom is 0.509 e. The molecule has 1 unspecified atom stereocenters. The van der Waals surface area contributed by atoms with Crippen molar-refractivity contribution in [3.8, 4) is 17.0 Å². The van der Waals surface area contributed by atoms with Gasteiger partial charge in [-0.3, -0.25) is 20.2 Å². The van der Waals surface area contributed by atoms with Gasteiger partial charge in [0.25, 0.3) is 0 Å². The number of aliphatic imine (C=N–C) groups is 1. The first-order chi connectivity index (χ1) is 21.2. The Kier molecular flexibility index (Phi) is 11.6. The molecule has 240 valence electrons. The number of hydrazine groups is 1. The first-order valence-electron chi connectivity index (χ1n) is 13.6. The quantitative estimate of drug-likeness (QED) is 0.0774. The summed E-state index contributed by atoms with van der Waals surface area (Å²) in [6.45, 7) is 4.40. The maximum atomic E-state index is 13.3. The number of aromatic nitrogens is 1. The van der Waals surface area contributed by atoms with Crippen molar-refractivity contribution in [3.63, 3.8) is 0 Å². The zero-order chi connectivity index (χ0) is 33.2. The van der Waals surface area contributed by atoms with Crippen molar-refractivity contribution in [2.45, 2.75) is 39.8 Å². The van der Waals surface area contributed by atoms with E-state index in [-0.39, 0.29) is 47.3 Å². The van der Waals surface area contributed by atoms with Crippen molar-refractivity contribution in [3.05, 3.63) is 83.6 Å². The molecule has 45 heavy (non-hydrogen) atoms. The van der Waals surface area contributed by atoms with Crippen LogP contribution in [0.15, 0.2) is 71.9 Å². The van der Waals surface area contributed by atoms with Gasteiger partial charge in [-0.1, -0.05) is 30.3 Å². The molecule has 1 aromatic heterocycles. The van der Waals surface area contributed by atoms with Crippen molar-refractivity contribution >= 4 is 23.7 Å². The molecule has 0 aliphatic heterocycles. The fourth-order valence-electron chi connectivity index (χ4n) is 3.74. The van der Waals surface area contributed by atoms with Gasteiger partial charge >= 0.3 is 18.3 Å². The fraction of sp³-hybridized carbons (Fsp3) is 0.323. The lowest BCUT2D eigenvalue weighted by atomic mass is 9.95. The van der Waals surface area contributed by atoms with E-state index in [4.69, 9.17) is 24.4 Å². The number of amidine groups is 1. The number of ether oxygens (including phenoxy) is 4. The number of nitrogens with zero attached hydrogens (tertiary/aromatic N) is 2. The SMILES string of the molecule is CN=C(NNC(C)OC(=O)OCC(C)(C)C(=O)OCc1ccccc1)C(=N)c1cc(OC)cc(-c2cc(C(F)(F)F)ccn2)c1. The van der Waals surface area contributed by atoms with Crippen LogP contribution in [0.3, 0.4) is 0 Å². The van der Waals surface area contributed by atoms with Crippen molar-refractivity contribution in [1.82, 2.24) is 15.8 Å². The monoisotopic (exact) mass is 629 g/mol. The predicted molar refractivity (Wildman–Crippen MR) is 160 cm³/mol. The third-order valence-electron chi connectivity index (χ3n) is 6.26. The lowest BCUT2D eigenvalue weighted by Crippen LogP contribution is -2.47. The predicted octanol–water partition coefficient (Wildman–Crippen LogP) is 5.54. The lowest BCUT2D eigenvalue weighted by Gasteiger charge is -2.23. The second kappa shape index (κ2) is 15.1. The smallest absolute Gasteiger partial charge is 0.497 e. The molecule has 2 aromatic carbocycles. The van der Waals surface area contributed by atoms with Crippen LogP contribution >= 0.6 is 0 Å². The van der Waals surface area contributed by atoms with E-state index in [0.29, 0.717) is 0 Å². The van der Waals surface area contributed by atoms with Gasteiger partial charge in [-0.05, 0) is 56.7 Å². The molecule has 0 fully saturated rings. The number of benzene rings is 2. The summed E-state index contributed by atoms with van der Waals surface area (Å²) in [5.74, 6) is -0.266. The molecule has 1 atom stereocenters. The number of nitrogens with one attached hydrogen (secondary N) is 3. The van der Waals surface area contributed by atoms with E-state index in [9.17, 15) is 22.8 Å². The number of rotatable bonds is 12. The minimum absolute atomic E-state index is 0.0114.